The van der Waals surface area contributed by atoms with Gasteiger partial charge in [0.15, 0.2) is 11.2 Å². The lowest BCUT2D eigenvalue weighted by Crippen LogP contribution is -2.38. The van der Waals surface area contributed by atoms with Crippen molar-refractivity contribution in [3.8, 4) is 0 Å². The van der Waals surface area contributed by atoms with Crippen molar-refractivity contribution in [2.24, 2.45) is 5.16 Å². The summed E-state index contributed by atoms with van der Waals surface area (Å²) >= 11 is 1.24. The van der Waals surface area contributed by atoms with Crippen molar-refractivity contribution in [2.75, 3.05) is 5.32 Å². The van der Waals surface area contributed by atoms with Crippen LogP contribution in [-0.2, 0) is 24.7 Å². The molecule has 0 bridgehead atoms. The lowest BCUT2D eigenvalue weighted by Gasteiger charge is -2.36. The number of esters is 1. The predicted octanol–water partition coefficient (Wildman–Crippen LogP) is 8.46. The number of thiazole rings is 1. The minimum absolute atomic E-state index is 0.0729. The fraction of sp³-hybridized carbons (Fsp3) is 0.122. The smallest absolute Gasteiger partial charge is 0.360 e. The molecule has 0 fully saturated rings. The normalized spacial score (nSPS) is 11.9. The Morgan fingerprint density at radius 2 is 1.12 bits per heavy atom. The van der Waals surface area contributed by atoms with Crippen LogP contribution in [0, 0.1) is 0 Å². The van der Waals surface area contributed by atoms with E-state index in [1.165, 1.54) is 25.2 Å². The maximum atomic E-state index is 13.5. The number of aliphatic carboxylic acids is 1. The van der Waals surface area contributed by atoms with E-state index in [1.54, 1.807) is 5.38 Å². The van der Waals surface area contributed by atoms with E-state index in [4.69, 9.17) is 9.57 Å². The highest BCUT2D eigenvalue weighted by molar-refractivity contribution is 7.14. The molecule has 50 heavy (non-hydrogen) atoms. The average Bonchev–Trinajstić information content (AvgIpc) is 3.62. The number of oxime groups is 1. The van der Waals surface area contributed by atoms with Crippen LogP contribution >= 0.6 is 11.3 Å². The van der Waals surface area contributed by atoms with Gasteiger partial charge in [0.25, 0.3) is 0 Å². The van der Waals surface area contributed by atoms with Gasteiger partial charge in [-0.15, -0.1) is 11.3 Å². The van der Waals surface area contributed by atoms with Crippen LogP contribution in [0.25, 0.3) is 0 Å². The van der Waals surface area contributed by atoms with Crippen molar-refractivity contribution in [3.05, 3.63) is 191 Å². The quantitative estimate of drug-likeness (QED) is 0.0545. The first-order valence-electron chi connectivity index (χ1n) is 16.0. The molecule has 9 heteroatoms. The Labute approximate surface area is 294 Å². The fourth-order valence-electron chi connectivity index (χ4n) is 5.61. The molecule has 6 aromatic rings. The number of nitrogens with one attached hydrogen (secondary N) is 1. The molecule has 0 spiro atoms. The average molecular weight is 682 g/mol. The summed E-state index contributed by atoms with van der Waals surface area (Å²) in [4.78, 5) is 36.3. The third kappa shape index (κ3) is 7.33. The molecule has 0 radical (unpaired) electrons. The Hall–Kier alpha value is -6.06. The molecule has 2 N–H and O–H groups in total. The van der Waals surface area contributed by atoms with Crippen LogP contribution in [-0.4, -0.2) is 33.3 Å². The standard InChI is InChI=1S/C41H35N3O5S/c1-40(2,38(47)48-36(29-18-8-3-9-19-29)30-20-10-4-11-21-30)49-44-35(37(45)46)34-28-50-39(42-34)43-41(31-22-12-5-13-23-31,32-24-14-6-15-25-32)33-26-16-7-17-27-33/h3-28,36H,1-2H3,(H,42,43)(H,45,46)/b44-35-. The molecule has 0 amide bonds. The number of rotatable bonds is 13. The first-order valence-corrected chi connectivity index (χ1v) is 16.9. The second-order valence-electron chi connectivity index (χ2n) is 12.0. The van der Waals surface area contributed by atoms with E-state index in [0.717, 1.165) is 27.8 Å². The van der Waals surface area contributed by atoms with Gasteiger partial charge in [0, 0.05) is 5.38 Å². The van der Waals surface area contributed by atoms with Crippen molar-refractivity contribution in [2.45, 2.75) is 31.1 Å². The third-order valence-electron chi connectivity index (χ3n) is 8.15. The zero-order valence-corrected chi connectivity index (χ0v) is 28.3. The highest BCUT2D eigenvalue weighted by atomic mass is 32.1. The molecule has 1 heterocycles. The Bertz CT molecular complexity index is 1920. The van der Waals surface area contributed by atoms with Crippen LogP contribution < -0.4 is 5.32 Å². The highest BCUT2D eigenvalue weighted by Gasteiger charge is 2.38. The van der Waals surface area contributed by atoms with Gasteiger partial charge < -0.3 is 20.0 Å². The van der Waals surface area contributed by atoms with E-state index in [1.807, 2.05) is 152 Å². The molecule has 8 nitrogen and oxygen atoms in total. The number of carbonyl (C=O) groups is 2. The molecular weight excluding hydrogens is 647 g/mol. The second kappa shape index (κ2) is 15.0. The number of hydrogen-bond donors (Lipinski definition) is 2. The van der Waals surface area contributed by atoms with E-state index in [0.29, 0.717) is 5.13 Å². The number of hydrogen-bond acceptors (Lipinski definition) is 8. The molecule has 5 aromatic carbocycles. The van der Waals surface area contributed by atoms with Crippen LogP contribution in [0.5, 0.6) is 0 Å². The van der Waals surface area contributed by atoms with Crippen LogP contribution in [0.1, 0.15) is 53.5 Å². The summed E-state index contributed by atoms with van der Waals surface area (Å²) in [5.41, 5.74) is 1.57. The number of aromatic nitrogens is 1. The summed E-state index contributed by atoms with van der Waals surface area (Å²) in [7, 11) is 0. The molecule has 0 aliphatic carbocycles. The zero-order chi connectivity index (χ0) is 35.0. The van der Waals surface area contributed by atoms with Gasteiger partial charge in [-0.3, -0.25) is 0 Å². The summed E-state index contributed by atoms with van der Waals surface area (Å²) in [5.74, 6) is -2.08. The fourth-order valence-corrected chi connectivity index (χ4v) is 6.36. The van der Waals surface area contributed by atoms with Crippen molar-refractivity contribution in [1.82, 2.24) is 4.98 Å². The molecule has 0 unspecified atom stereocenters. The number of carboxylic acid groups (broad SMARTS) is 1. The van der Waals surface area contributed by atoms with E-state index in [-0.39, 0.29) is 5.69 Å². The molecule has 6 rings (SSSR count). The Kier molecular flexibility index (Phi) is 10.2. The largest absolute Gasteiger partial charge is 0.476 e. The van der Waals surface area contributed by atoms with Crippen LogP contribution in [0.15, 0.2) is 162 Å². The molecular formula is C41H35N3O5S. The van der Waals surface area contributed by atoms with Crippen LogP contribution in [0.2, 0.25) is 0 Å². The van der Waals surface area contributed by atoms with Gasteiger partial charge in [0.2, 0.25) is 11.3 Å². The van der Waals surface area contributed by atoms with Crippen molar-refractivity contribution in [3.63, 3.8) is 0 Å². The monoisotopic (exact) mass is 681 g/mol. The Balaban J connectivity index is 1.29. The van der Waals surface area contributed by atoms with Gasteiger partial charge in [-0.2, -0.15) is 0 Å². The van der Waals surface area contributed by atoms with E-state index >= 15 is 0 Å². The lowest BCUT2D eigenvalue weighted by molar-refractivity contribution is -0.172. The summed E-state index contributed by atoms with van der Waals surface area (Å²) in [6.07, 6.45) is -0.706. The molecule has 0 saturated carbocycles. The topological polar surface area (TPSA) is 110 Å². The molecule has 0 aliphatic rings. The van der Waals surface area contributed by atoms with Crippen LogP contribution in [0.3, 0.4) is 0 Å². The van der Waals surface area contributed by atoms with E-state index < -0.39 is 34.9 Å². The molecule has 0 saturated heterocycles. The summed E-state index contributed by atoms with van der Waals surface area (Å²) in [6, 6.07) is 48.7. The molecule has 1 aromatic heterocycles. The molecule has 0 aliphatic heterocycles. The molecule has 250 valence electrons. The third-order valence-corrected chi connectivity index (χ3v) is 8.91. The summed E-state index contributed by atoms with van der Waals surface area (Å²) < 4.78 is 5.97. The van der Waals surface area contributed by atoms with Crippen LogP contribution in [0.4, 0.5) is 5.13 Å². The number of anilines is 1. The van der Waals surface area contributed by atoms with Gasteiger partial charge in [0.05, 0.1) is 0 Å². The Morgan fingerprint density at radius 1 is 0.700 bits per heavy atom. The van der Waals surface area contributed by atoms with Gasteiger partial charge in [0.1, 0.15) is 11.2 Å². The maximum Gasteiger partial charge on any atom is 0.360 e. The second-order valence-corrected chi connectivity index (χ2v) is 12.8. The van der Waals surface area contributed by atoms with Gasteiger partial charge in [-0.25, -0.2) is 14.6 Å². The number of carbonyl (C=O) groups excluding carboxylic acids is 1. The maximum absolute atomic E-state index is 13.5. The summed E-state index contributed by atoms with van der Waals surface area (Å²) in [6.45, 7) is 2.96. The number of nitrogens with zero attached hydrogens (tertiary/aromatic N) is 2. The van der Waals surface area contributed by atoms with Crippen molar-refractivity contribution >= 4 is 34.1 Å². The Morgan fingerprint density at radius 3 is 1.54 bits per heavy atom. The SMILES string of the molecule is CC(C)(O/N=C(\C(=O)O)c1csc(NC(c2ccccc2)(c2ccccc2)c2ccccc2)n1)C(=O)OC(c1ccccc1)c1ccccc1. The first kappa shape index (κ1) is 33.8. The highest BCUT2D eigenvalue weighted by Crippen LogP contribution is 2.40. The zero-order valence-electron chi connectivity index (χ0n) is 27.5. The lowest BCUT2D eigenvalue weighted by atomic mass is 9.77. The minimum atomic E-state index is -1.64. The van der Waals surface area contributed by atoms with E-state index in [2.05, 4.69) is 15.5 Å². The number of carboxylic acids is 1. The van der Waals surface area contributed by atoms with Gasteiger partial charge in [-0.05, 0) is 41.7 Å². The minimum Gasteiger partial charge on any atom is -0.476 e. The number of ether oxygens (including phenoxy) is 1. The predicted molar refractivity (Wildman–Crippen MR) is 195 cm³/mol. The number of benzene rings is 5. The first-order chi connectivity index (χ1) is 24.3. The molecule has 0 atom stereocenters. The van der Waals surface area contributed by atoms with E-state index in [9.17, 15) is 14.7 Å². The van der Waals surface area contributed by atoms with Gasteiger partial charge in [-0.1, -0.05) is 157 Å². The van der Waals surface area contributed by atoms with Crippen molar-refractivity contribution < 1.29 is 24.3 Å². The van der Waals surface area contributed by atoms with Gasteiger partial charge >= 0.3 is 11.9 Å². The van der Waals surface area contributed by atoms with Crippen molar-refractivity contribution in [1.29, 1.82) is 0 Å². The summed E-state index contributed by atoms with van der Waals surface area (Å²) in [5, 5.41) is 19.8.